The molecule has 0 saturated carbocycles. The highest BCUT2D eigenvalue weighted by molar-refractivity contribution is 6.31. The van der Waals surface area contributed by atoms with Crippen molar-refractivity contribution in [2.75, 3.05) is 19.8 Å². The van der Waals surface area contributed by atoms with Crippen LogP contribution in [-0.2, 0) is 21.5 Å². The molecule has 0 unspecified atom stereocenters. The Bertz CT molecular complexity index is 832. The van der Waals surface area contributed by atoms with Crippen molar-refractivity contribution in [3.05, 3.63) is 46.1 Å². The van der Waals surface area contributed by atoms with Crippen LogP contribution >= 0.6 is 11.6 Å². The van der Waals surface area contributed by atoms with E-state index in [2.05, 4.69) is 25.2 Å². The lowest BCUT2D eigenvalue weighted by Crippen LogP contribution is -2.55. The third-order valence-electron chi connectivity index (χ3n) is 6.16. The second-order valence-corrected chi connectivity index (χ2v) is 9.10. The fourth-order valence-corrected chi connectivity index (χ4v) is 4.60. The highest BCUT2D eigenvalue weighted by atomic mass is 35.5. The van der Waals surface area contributed by atoms with Crippen molar-refractivity contribution in [2.45, 2.75) is 52.0 Å². The van der Waals surface area contributed by atoms with Gasteiger partial charge in [-0.3, -0.25) is 4.79 Å². The molecule has 2 aliphatic heterocycles. The average Bonchev–Trinajstić information content (AvgIpc) is 2.69. The number of amides is 2. The molecule has 1 aromatic carbocycles. The SMILES string of the molecule is CC(C)C1=CN(CCC(=O)O)C(=O)N[C@@]1(C)c1ccc(CC2CCOCC2)c(Cl)c1. The molecule has 2 N–H and O–H groups in total. The van der Waals surface area contributed by atoms with E-state index < -0.39 is 11.5 Å². The van der Waals surface area contributed by atoms with Gasteiger partial charge in [0.2, 0.25) is 0 Å². The molecule has 1 aromatic rings. The number of carbonyl (C=O) groups excluding carboxylic acids is 1. The molecule has 164 valence electrons. The smallest absolute Gasteiger partial charge is 0.322 e. The Morgan fingerprint density at radius 3 is 2.67 bits per heavy atom. The molecule has 3 rings (SSSR count). The Morgan fingerprint density at radius 2 is 2.07 bits per heavy atom. The molecule has 0 bridgehead atoms. The minimum Gasteiger partial charge on any atom is -0.481 e. The third-order valence-corrected chi connectivity index (χ3v) is 6.51. The predicted octanol–water partition coefficient (Wildman–Crippen LogP) is 4.56. The Hall–Kier alpha value is -2.05. The number of aliphatic carboxylic acids is 1. The van der Waals surface area contributed by atoms with Gasteiger partial charge in [-0.2, -0.15) is 0 Å². The van der Waals surface area contributed by atoms with Gasteiger partial charge in [0.25, 0.3) is 0 Å². The molecule has 0 aliphatic carbocycles. The number of nitrogens with one attached hydrogen (secondary N) is 1. The van der Waals surface area contributed by atoms with Gasteiger partial charge in [0.05, 0.1) is 12.0 Å². The second-order valence-electron chi connectivity index (χ2n) is 8.70. The average molecular weight is 435 g/mol. The van der Waals surface area contributed by atoms with E-state index in [1.807, 2.05) is 19.1 Å². The van der Waals surface area contributed by atoms with Crippen LogP contribution in [0.1, 0.15) is 51.2 Å². The van der Waals surface area contributed by atoms with E-state index in [4.69, 9.17) is 21.4 Å². The zero-order valence-electron chi connectivity index (χ0n) is 17.9. The third kappa shape index (κ3) is 4.98. The molecule has 0 spiro atoms. The summed E-state index contributed by atoms with van der Waals surface area (Å²) in [6.45, 7) is 7.88. The maximum Gasteiger partial charge on any atom is 0.322 e. The zero-order valence-corrected chi connectivity index (χ0v) is 18.7. The van der Waals surface area contributed by atoms with Crippen molar-refractivity contribution in [1.82, 2.24) is 10.2 Å². The lowest BCUT2D eigenvalue weighted by atomic mass is 9.78. The predicted molar refractivity (Wildman–Crippen MR) is 116 cm³/mol. The number of ether oxygens (including phenoxy) is 1. The largest absolute Gasteiger partial charge is 0.481 e. The van der Waals surface area contributed by atoms with Gasteiger partial charge in [-0.05, 0) is 60.8 Å². The van der Waals surface area contributed by atoms with Gasteiger partial charge in [0.15, 0.2) is 0 Å². The quantitative estimate of drug-likeness (QED) is 0.659. The summed E-state index contributed by atoms with van der Waals surface area (Å²) in [6, 6.07) is 5.77. The van der Waals surface area contributed by atoms with E-state index in [1.54, 1.807) is 6.20 Å². The Balaban J connectivity index is 1.86. The fraction of sp³-hybridized carbons (Fsp3) is 0.565. The molecule has 2 heterocycles. The van der Waals surface area contributed by atoms with Crippen LogP contribution in [0, 0.1) is 11.8 Å². The van der Waals surface area contributed by atoms with E-state index in [0.29, 0.717) is 10.9 Å². The minimum absolute atomic E-state index is 0.0985. The molecule has 1 fully saturated rings. The first-order valence-corrected chi connectivity index (χ1v) is 11.0. The van der Waals surface area contributed by atoms with Crippen molar-refractivity contribution in [3.63, 3.8) is 0 Å². The molecule has 1 atom stereocenters. The molecule has 2 aliphatic rings. The van der Waals surface area contributed by atoms with Crippen LogP contribution in [0.25, 0.3) is 0 Å². The number of carboxylic acids is 1. The molecular formula is C23H31ClN2O4. The number of hydrogen-bond donors (Lipinski definition) is 2. The molecule has 30 heavy (non-hydrogen) atoms. The van der Waals surface area contributed by atoms with Crippen LogP contribution in [0.3, 0.4) is 0 Å². The van der Waals surface area contributed by atoms with Crippen molar-refractivity contribution < 1.29 is 19.4 Å². The van der Waals surface area contributed by atoms with Crippen LogP contribution < -0.4 is 5.32 Å². The van der Waals surface area contributed by atoms with E-state index in [0.717, 1.165) is 49.2 Å². The van der Waals surface area contributed by atoms with E-state index in [1.165, 1.54) is 4.90 Å². The van der Waals surface area contributed by atoms with Gasteiger partial charge in [-0.25, -0.2) is 4.79 Å². The maximum atomic E-state index is 12.7. The monoisotopic (exact) mass is 434 g/mol. The number of urea groups is 1. The first-order valence-electron chi connectivity index (χ1n) is 10.6. The van der Waals surface area contributed by atoms with Gasteiger partial charge in [-0.1, -0.05) is 37.6 Å². The van der Waals surface area contributed by atoms with E-state index in [-0.39, 0.29) is 24.9 Å². The minimum atomic E-state index is -0.928. The summed E-state index contributed by atoms with van der Waals surface area (Å²) in [7, 11) is 0. The molecule has 6 nitrogen and oxygen atoms in total. The number of halogens is 1. The van der Waals surface area contributed by atoms with Crippen molar-refractivity contribution in [1.29, 1.82) is 0 Å². The Kier molecular flexibility index (Phi) is 7.09. The van der Waals surface area contributed by atoms with Crippen molar-refractivity contribution >= 4 is 23.6 Å². The Morgan fingerprint density at radius 1 is 1.37 bits per heavy atom. The number of nitrogens with zero attached hydrogens (tertiary/aromatic N) is 1. The van der Waals surface area contributed by atoms with Crippen LogP contribution in [0.4, 0.5) is 4.79 Å². The van der Waals surface area contributed by atoms with E-state index >= 15 is 0 Å². The topological polar surface area (TPSA) is 78.9 Å². The van der Waals surface area contributed by atoms with Crippen molar-refractivity contribution in [3.8, 4) is 0 Å². The van der Waals surface area contributed by atoms with Crippen molar-refractivity contribution in [2.24, 2.45) is 11.8 Å². The summed E-state index contributed by atoms with van der Waals surface area (Å²) in [5.41, 5.74) is 2.36. The molecular weight excluding hydrogens is 404 g/mol. The highest BCUT2D eigenvalue weighted by Crippen LogP contribution is 2.38. The first-order chi connectivity index (χ1) is 14.2. The second kappa shape index (κ2) is 9.40. The Labute approximate surface area is 183 Å². The molecule has 0 aromatic heterocycles. The normalized spacial score (nSPS) is 22.8. The maximum absolute atomic E-state index is 12.7. The van der Waals surface area contributed by atoms with Crippen LogP contribution in [0.15, 0.2) is 30.0 Å². The fourth-order valence-electron chi connectivity index (χ4n) is 4.35. The van der Waals surface area contributed by atoms with Gasteiger partial charge >= 0.3 is 12.0 Å². The standard InChI is InChI=1S/C23H31ClN2O4/c1-15(2)19-14-26(9-6-21(27)28)22(29)25-23(19,3)18-5-4-17(20(24)13-18)12-16-7-10-30-11-8-16/h4-5,13-16H,6-12H2,1-3H3,(H,25,29)(H,27,28)/t23-/m0/s1. The lowest BCUT2D eigenvalue weighted by Gasteiger charge is -2.42. The van der Waals surface area contributed by atoms with Gasteiger partial charge in [0.1, 0.15) is 0 Å². The summed E-state index contributed by atoms with van der Waals surface area (Å²) in [4.78, 5) is 25.1. The number of carboxylic acid groups (broad SMARTS) is 1. The first kappa shape index (κ1) is 22.6. The molecule has 1 saturated heterocycles. The van der Waals surface area contributed by atoms with Gasteiger partial charge in [-0.15, -0.1) is 0 Å². The van der Waals surface area contributed by atoms with Gasteiger partial charge in [0, 0.05) is 31.0 Å². The molecule has 2 amide bonds. The van der Waals surface area contributed by atoms with Crippen LogP contribution in [-0.4, -0.2) is 41.8 Å². The number of rotatable bonds is 7. The summed E-state index contributed by atoms with van der Waals surface area (Å²) < 4.78 is 5.45. The zero-order chi connectivity index (χ0) is 21.9. The number of hydrogen-bond acceptors (Lipinski definition) is 3. The summed E-state index contributed by atoms with van der Waals surface area (Å²) in [5, 5.41) is 12.8. The van der Waals surface area contributed by atoms with Gasteiger partial charge < -0.3 is 20.1 Å². The van der Waals surface area contributed by atoms with E-state index in [9.17, 15) is 9.59 Å². The molecule has 0 radical (unpaired) electrons. The number of carbonyl (C=O) groups is 2. The molecule has 7 heteroatoms. The lowest BCUT2D eigenvalue weighted by molar-refractivity contribution is -0.137. The summed E-state index contributed by atoms with van der Waals surface area (Å²) in [5.74, 6) is -0.188. The van der Waals surface area contributed by atoms with Crippen LogP contribution in [0.2, 0.25) is 5.02 Å². The van der Waals surface area contributed by atoms with Crippen LogP contribution in [0.5, 0.6) is 0 Å². The summed E-state index contributed by atoms with van der Waals surface area (Å²) >= 11 is 6.67. The number of benzene rings is 1. The highest BCUT2D eigenvalue weighted by Gasteiger charge is 2.39. The summed E-state index contributed by atoms with van der Waals surface area (Å²) in [6.07, 6.45) is 4.74.